The highest BCUT2D eigenvalue weighted by Gasteiger charge is 2.21. The van der Waals surface area contributed by atoms with Crippen molar-refractivity contribution in [3.05, 3.63) is 65.3 Å². The molecule has 0 spiro atoms. The van der Waals surface area contributed by atoms with Gasteiger partial charge in [-0.3, -0.25) is 0 Å². The van der Waals surface area contributed by atoms with Crippen molar-refractivity contribution in [1.29, 1.82) is 0 Å². The predicted octanol–water partition coefficient (Wildman–Crippen LogP) is 5.31. The molecule has 1 aliphatic rings. The Bertz CT molecular complexity index is 1000. The smallest absolute Gasteiger partial charge is 0.132 e. The van der Waals surface area contributed by atoms with Gasteiger partial charge in [-0.1, -0.05) is 12.6 Å². The van der Waals surface area contributed by atoms with Crippen molar-refractivity contribution >= 4 is 16.5 Å². The molecule has 1 aromatic heterocycles. The van der Waals surface area contributed by atoms with E-state index in [0.29, 0.717) is 30.5 Å². The van der Waals surface area contributed by atoms with Crippen molar-refractivity contribution in [3.8, 4) is 0 Å². The highest BCUT2D eigenvalue weighted by atomic mass is 19.1. The van der Waals surface area contributed by atoms with Crippen LogP contribution in [0.25, 0.3) is 16.5 Å². The van der Waals surface area contributed by atoms with Gasteiger partial charge >= 0.3 is 0 Å². The molecule has 1 fully saturated rings. The minimum Gasteiger partial charge on any atom is -0.496 e. The van der Waals surface area contributed by atoms with Gasteiger partial charge in [0.25, 0.3) is 0 Å². The van der Waals surface area contributed by atoms with Crippen LogP contribution in [0.2, 0.25) is 0 Å². The quantitative estimate of drug-likeness (QED) is 0.274. The number of H-pyrrole nitrogens is 1. The zero-order valence-electron chi connectivity index (χ0n) is 20.5. The number of halogens is 1. The number of rotatable bonds is 11. The first-order valence-corrected chi connectivity index (χ1v) is 11.8. The third-order valence-electron chi connectivity index (χ3n) is 6.49. The number of nitrogens with zero attached hydrogens (tertiary/aromatic N) is 1. The SMILES string of the molecule is C=C/C(F)=C(\C=C(/C)OCCOC)c1[nH]c2ccc(C3CCN(CCNC)CC3)cc2c1C. The Morgan fingerprint density at radius 1 is 1.30 bits per heavy atom. The zero-order chi connectivity index (χ0) is 23.8. The molecule has 6 heteroatoms. The number of aryl methyl sites for hydroxylation is 1. The normalized spacial score (nSPS) is 16.8. The minimum atomic E-state index is -0.381. The van der Waals surface area contributed by atoms with Crippen LogP contribution in [0.15, 0.2) is 48.5 Å². The fourth-order valence-corrected chi connectivity index (χ4v) is 4.53. The largest absolute Gasteiger partial charge is 0.496 e. The molecule has 1 saturated heterocycles. The second-order valence-corrected chi connectivity index (χ2v) is 8.71. The number of methoxy groups -OCH3 is 1. The van der Waals surface area contributed by atoms with Gasteiger partial charge in [0.1, 0.15) is 12.4 Å². The van der Waals surface area contributed by atoms with Crippen LogP contribution in [-0.2, 0) is 9.47 Å². The van der Waals surface area contributed by atoms with Crippen LogP contribution in [-0.4, -0.2) is 63.4 Å². The summed E-state index contributed by atoms with van der Waals surface area (Å²) in [5, 5.41) is 4.37. The molecule has 0 aliphatic carbocycles. The second kappa shape index (κ2) is 12.2. The highest BCUT2D eigenvalue weighted by molar-refractivity contribution is 5.92. The third-order valence-corrected chi connectivity index (χ3v) is 6.49. The number of benzene rings is 1. The van der Waals surface area contributed by atoms with E-state index in [2.05, 4.69) is 40.0 Å². The molecule has 33 heavy (non-hydrogen) atoms. The third kappa shape index (κ3) is 6.34. The van der Waals surface area contributed by atoms with Crippen molar-refractivity contribution in [3.63, 3.8) is 0 Å². The van der Waals surface area contributed by atoms with Crippen molar-refractivity contribution in [1.82, 2.24) is 15.2 Å². The van der Waals surface area contributed by atoms with Gasteiger partial charge in [-0.2, -0.15) is 0 Å². The number of likely N-dealkylation sites (N-methyl/N-ethyl adjacent to an activating group) is 1. The van der Waals surface area contributed by atoms with E-state index in [1.54, 1.807) is 13.2 Å². The summed E-state index contributed by atoms with van der Waals surface area (Å²) in [6.07, 6.45) is 5.31. The van der Waals surface area contributed by atoms with E-state index in [9.17, 15) is 4.39 Å². The number of nitrogens with one attached hydrogen (secondary N) is 2. The van der Waals surface area contributed by atoms with Crippen LogP contribution in [0.4, 0.5) is 4.39 Å². The zero-order valence-corrected chi connectivity index (χ0v) is 20.5. The summed E-state index contributed by atoms with van der Waals surface area (Å²) >= 11 is 0. The summed E-state index contributed by atoms with van der Waals surface area (Å²) in [6.45, 7) is 12.8. The van der Waals surface area contributed by atoms with E-state index in [1.165, 1.54) is 24.5 Å². The standard InChI is InChI=1S/C27H38FN3O2/c1-6-25(28)24(17-19(2)33-16-15-32-5)27-20(3)23-18-22(7-8-26(23)30-27)21-9-12-31(13-10-21)14-11-29-4/h6-8,17-18,21,29-30H,1,9-16H2,2-5H3/b19-17+,25-24-. The average Bonchev–Trinajstić information content (AvgIpc) is 3.16. The molecule has 0 bridgehead atoms. The van der Waals surface area contributed by atoms with Gasteiger partial charge in [-0.15, -0.1) is 0 Å². The number of hydrogen-bond acceptors (Lipinski definition) is 4. The van der Waals surface area contributed by atoms with Crippen molar-refractivity contribution < 1.29 is 13.9 Å². The molecular formula is C27H38FN3O2. The van der Waals surface area contributed by atoms with E-state index in [1.807, 2.05) is 20.9 Å². The lowest BCUT2D eigenvalue weighted by Gasteiger charge is -2.32. The molecule has 2 N–H and O–H groups in total. The number of hydrogen-bond donors (Lipinski definition) is 2. The van der Waals surface area contributed by atoms with Gasteiger partial charge in [-0.25, -0.2) is 4.39 Å². The maximum absolute atomic E-state index is 14.8. The molecule has 2 aromatic rings. The number of fused-ring (bicyclic) bond motifs is 1. The van der Waals surface area contributed by atoms with Gasteiger partial charge in [0.15, 0.2) is 0 Å². The maximum Gasteiger partial charge on any atom is 0.132 e. The van der Waals surface area contributed by atoms with Crippen molar-refractivity contribution in [2.75, 3.05) is 53.6 Å². The van der Waals surface area contributed by atoms with E-state index >= 15 is 0 Å². The fraction of sp³-hybridized carbons (Fsp3) is 0.481. The molecule has 0 atom stereocenters. The molecule has 0 unspecified atom stereocenters. The number of ether oxygens (including phenoxy) is 2. The predicted molar refractivity (Wildman–Crippen MR) is 135 cm³/mol. The molecule has 5 nitrogen and oxygen atoms in total. The first-order chi connectivity index (χ1) is 16.0. The van der Waals surface area contributed by atoms with Crippen molar-refractivity contribution in [2.24, 2.45) is 0 Å². The van der Waals surface area contributed by atoms with Crippen molar-refractivity contribution in [2.45, 2.75) is 32.6 Å². The van der Waals surface area contributed by atoms with Crippen LogP contribution in [0.3, 0.4) is 0 Å². The Hall–Kier alpha value is -2.41. The summed E-state index contributed by atoms with van der Waals surface area (Å²) in [5.74, 6) is 0.811. The molecule has 2 heterocycles. The fourth-order valence-electron chi connectivity index (χ4n) is 4.53. The number of allylic oxidation sites excluding steroid dienone is 5. The number of piperidine rings is 1. The Labute approximate surface area is 197 Å². The highest BCUT2D eigenvalue weighted by Crippen LogP contribution is 2.35. The van der Waals surface area contributed by atoms with Crippen LogP contribution in [0.1, 0.15) is 42.5 Å². The maximum atomic E-state index is 14.8. The molecule has 0 radical (unpaired) electrons. The van der Waals surface area contributed by atoms with E-state index in [0.717, 1.165) is 48.3 Å². The summed E-state index contributed by atoms with van der Waals surface area (Å²) in [6, 6.07) is 6.63. The Morgan fingerprint density at radius 2 is 2.06 bits per heavy atom. The minimum absolute atomic E-state index is 0.381. The summed E-state index contributed by atoms with van der Waals surface area (Å²) in [5.41, 5.74) is 4.63. The van der Waals surface area contributed by atoms with E-state index < -0.39 is 0 Å². The summed E-state index contributed by atoms with van der Waals surface area (Å²) in [4.78, 5) is 5.96. The Morgan fingerprint density at radius 3 is 2.73 bits per heavy atom. The summed E-state index contributed by atoms with van der Waals surface area (Å²) < 4.78 is 25.5. The molecule has 1 aliphatic heterocycles. The van der Waals surface area contributed by atoms with Gasteiger partial charge in [0.2, 0.25) is 0 Å². The number of aromatic amines is 1. The van der Waals surface area contributed by atoms with Crippen LogP contribution < -0.4 is 5.32 Å². The van der Waals surface area contributed by atoms with Gasteiger partial charge < -0.3 is 24.7 Å². The number of likely N-dealkylation sites (tertiary alicyclic amines) is 1. The second-order valence-electron chi connectivity index (χ2n) is 8.71. The monoisotopic (exact) mass is 455 g/mol. The first kappa shape index (κ1) is 25.2. The van der Waals surface area contributed by atoms with Gasteiger partial charge in [0.05, 0.1) is 18.1 Å². The summed E-state index contributed by atoms with van der Waals surface area (Å²) in [7, 11) is 3.63. The molecule has 0 saturated carbocycles. The lowest BCUT2D eigenvalue weighted by molar-refractivity contribution is 0.110. The molecule has 1 aromatic carbocycles. The lowest BCUT2D eigenvalue weighted by atomic mass is 9.88. The lowest BCUT2D eigenvalue weighted by Crippen LogP contribution is -2.37. The van der Waals surface area contributed by atoms with Gasteiger partial charge in [0, 0.05) is 36.7 Å². The molecule has 3 rings (SSSR count). The van der Waals surface area contributed by atoms with Crippen LogP contribution in [0.5, 0.6) is 0 Å². The van der Waals surface area contributed by atoms with E-state index in [-0.39, 0.29) is 5.83 Å². The average molecular weight is 456 g/mol. The Balaban J connectivity index is 1.85. The van der Waals surface area contributed by atoms with Crippen LogP contribution in [0, 0.1) is 6.92 Å². The van der Waals surface area contributed by atoms with Crippen LogP contribution >= 0.6 is 0 Å². The molecule has 180 valence electrons. The van der Waals surface area contributed by atoms with E-state index in [4.69, 9.17) is 9.47 Å². The Kier molecular flexibility index (Phi) is 9.30. The molecule has 0 amide bonds. The molecular weight excluding hydrogens is 417 g/mol. The number of aromatic nitrogens is 1. The van der Waals surface area contributed by atoms with Gasteiger partial charge in [-0.05, 0) is 88.2 Å². The first-order valence-electron chi connectivity index (χ1n) is 11.8. The topological polar surface area (TPSA) is 49.5 Å².